The highest BCUT2D eigenvalue weighted by Gasteiger charge is 2.41. The number of ether oxygens (including phenoxy) is 1. The number of hydrogen-bond donors (Lipinski definition) is 1. The molecule has 0 spiro atoms. The van der Waals surface area contributed by atoms with Gasteiger partial charge in [0.05, 0.1) is 17.9 Å². The summed E-state index contributed by atoms with van der Waals surface area (Å²) in [6.07, 6.45) is 3.11. The van der Waals surface area contributed by atoms with Gasteiger partial charge < -0.3 is 10.1 Å². The second-order valence-electron chi connectivity index (χ2n) is 5.18. The van der Waals surface area contributed by atoms with Crippen LogP contribution < -0.4 is 10.1 Å². The van der Waals surface area contributed by atoms with E-state index in [1.165, 1.54) is 11.3 Å². The Hall–Kier alpha value is -2.13. The van der Waals surface area contributed by atoms with Crippen LogP contribution in [0.2, 0.25) is 0 Å². The van der Waals surface area contributed by atoms with Gasteiger partial charge in [0.1, 0.15) is 16.7 Å². The first-order chi connectivity index (χ1) is 10.2. The van der Waals surface area contributed by atoms with Crippen LogP contribution in [0, 0.1) is 16.7 Å². The van der Waals surface area contributed by atoms with E-state index in [1.54, 1.807) is 7.11 Å². The molecule has 1 heterocycles. The fraction of sp³-hybridized carbons (Fsp3) is 0.400. The van der Waals surface area contributed by atoms with Crippen LogP contribution in [0.15, 0.2) is 18.2 Å². The summed E-state index contributed by atoms with van der Waals surface area (Å²) in [5.41, 5.74) is -0.153. The number of thiazole rings is 1. The molecule has 1 saturated carbocycles. The van der Waals surface area contributed by atoms with Gasteiger partial charge >= 0.3 is 0 Å². The van der Waals surface area contributed by atoms with Crippen LogP contribution in [0.3, 0.4) is 0 Å². The van der Waals surface area contributed by atoms with Crippen LogP contribution in [0.1, 0.15) is 25.7 Å². The molecule has 1 aliphatic carbocycles. The molecule has 0 unspecified atom stereocenters. The second-order valence-corrected chi connectivity index (χ2v) is 6.21. The third-order valence-electron chi connectivity index (χ3n) is 3.93. The van der Waals surface area contributed by atoms with E-state index in [0.717, 1.165) is 23.1 Å². The maximum atomic E-state index is 12.4. The van der Waals surface area contributed by atoms with Crippen LogP contribution >= 0.6 is 11.3 Å². The number of amides is 1. The number of carbonyl (C=O) groups excluding carboxylic acids is 1. The van der Waals surface area contributed by atoms with E-state index in [4.69, 9.17) is 4.74 Å². The van der Waals surface area contributed by atoms with Crippen molar-refractivity contribution in [3.8, 4) is 11.8 Å². The number of benzene rings is 1. The molecule has 1 aromatic carbocycles. The summed E-state index contributed by atoms with van der Waals surface area (Å²) in [4.78, 5) is 16.8. The first kappa shape index (κ1) is 13.8. The molecule has 6 heteroatoms. The summed E-state index contributed by atoms with van der Waals surface area (Å²) in [6.45, 7) is 0. The van der Waals surface area contributed by atoms with E-state index in [2.05, 4.69) is 16.4 Å². The van der Waals surface area contributed by atoms with Gasteiger partial charge in [0.15, 0.2) is 5.13 Å². The number of aromatic nitrogens is 1. The van der Waals surface area contributed by atoms with Gasteiger partial charge in [-0.25, -0.2) is 4.98 Å². The molecule has 1 amide bonds. The fourth-order valence-corrected chi connectivity index (χ4v) is 3.60. The first-order valence-corrected chi connectivity index (χ1v) is 7.66. The van der Waals surface area contributed by atoms with Gasteiger partial charge in [-0.3, -0.25) is 4.79 Å². The molecule has 0 saturated heterocycles. The number of nitrogens with zero attached hydrogens (tertiary/aromatic N) is 2. The average Bonchev–Trinajstić information content (AvgIpc) is 3.13. The standard InChI is InChI=1S/C15H15N3O2S/c1-20-10-5-4-6-11-12(10)17-14(21-11)18-13(19)15(9-16)7-2-3-8-15/h4-6H,2-3,7-8H2,1H3,(H,17,18,19). The van der Waals surface area contributed by atoms with Crippen molar-refractivity contribution in [3.05, 3.63) is 18.2 Å². The number of fused-ring (bicyclic) bond motifs is 1. The minimum atomic E-state index is -0.887. The molecule has 1 aromatic heterocycles. The van der Waals surface area contributed by atoms with Gasteiger partial charge in [-0.05, 0) is 25.0 Å². The van der Waals surface area contributed by atoms with Crippen LogP contribution in [0.4, 0.5) is 5.13 Å². The summed E-state index contributed by atoms with van der Waals surface area (Å²) >= 11 is 1.39. The van der Waals surface area contributed by atoms with Gasteiger partial charge in [0.2, 0.25) is 5.91 Å². The molecule has 0 atom stereocenters. The number of hydrogen-bond acceptors (Lipinski definition) is 5. The number of methoxy groups -OCH3 is 1. The minimum Gasteiger partial charge on any atom is -0.494 e. The van der Waals surface area contributed by atoms with Crippen LogP contribution in [0.25, 0.3) is 10.2 Å². The lowest BCUT2D eigenvalue weighted by molar-refractivity contribution is -0.122. The third kappa shape index (κ3) is 2.34. The molecule has 108 valence electrons. The highest BCUT2D eigenvalue weighted by atomic mass is 32.1. The zero-order chi connectivity index (χ0) is 14.9. The Bertz CT molecular complexity index is 726. The van der Waals surface area contributed by atoms with E-state index >= 15 is 0 Å². The van der Waals surface area contributed by atoms with E-state index < -0.39 is 5.41 Å². The van der Waals surface area contributed by atoms with Crippen molar-refractivity contribution in [1.82, 2.24) is 4.98 Å². The van der Waals surface area contributed by atoms with Crippen molar-refractivity contribution in [3.63, 3.8) is 0 Å². The van der Waals surface area contributed by atoms with Crippen molar-refractivity contribution >= 4 is 32.6 Å². The summed E-state index contributed by atoms with van der Waals surface area (Å²) in [5.74, 6) is 0.445. The summed E-state index contributed by atoms with van der Waals surface area (Å²) in [6, 6.07) is 7.85. The lowest BCUT2D eigenvalue weighted by Gasteiger charge is -2.17. The van der Waals surface area contributed by atoms with Gasteiger partial charge in [-0.2, -0.15) is 5.26 Å². The number of carbonyl (C=O) groups is 1. The molecule has 0 bridgehead atoms. The molecule has 21 heavy (non-hydrogen) atoms. The molecule has 2 aromatic rings. The third-order valence-corrected chi connectivity index (χ3v) is 4.86. The lowest BCUT2D eigenvalue weighted by Crippen LogP contribution is -2.32. The molecule has 1 N–H and O–H groups in total. The number of nitrogens with one attached hydrogen (secondary N) is 1. The largest absolute Gasteiger partial charge is 0.494 e. The Morgan fingerprint density at radius 1 is 1.48 bits per heavy atom. The Balaban J connectivity index is 1.88. The predicted molar refractivity (Wildman–Crippen MR) is 81.3 cm³/mol. The Labute approximate surface area is 126 Å². The maximum Gasteiger partial charge on any atom is 0.246 e. The summed E-state index contributed by atoms with van der Waals surface area (Å²) < 4.78 is 6.21. The zero-order valence-electron chi connectivity index (χ0n) is 11.7. The fourth-order valence-electron chi connectivity index (χ4n) is 2.73. The Morgan fingerprint density at radius 2 is 2.24 bits per heavy atom. The van der Waals surface area contributed by atoms with Crippen LogP contribution in [0.5, 0.6) is 5.75 Å². The number of para-hydroxylation sites is 1. The van der Waals surface area contributed by atoms with Crippen molar-refractivity contribution in [2.24, 2.45) is 5.41 Å². The normalized spacial score (nSPS) is 16.6. The smallest absolute Gasteiger partial charge is 0.246 e. The lowest BCUT2D eigenvalue weighted by atomic mass is 9.87. The Kier molecular flexibility index (Phi) is 3.52. The summed E-state index contributed by atoms with van der Waals surface area (Å²) in [5, 5.41) is 12.7. The van der Waals surface area contributed by atoms with Gasteiger partial charge in [-0.15, -0.1) is 0 Å². The molecule has 5 nitrogen and oxygen atoms in total. The molecule has 0 radical (unpaired) electrons. The number of nitriles is 1. The van der Waals surface area contributed by atoms with Crippen LogP contribution in [-0.4, -0.2) is 18.0 Å². The van der Waals surface area contributed by atoms with Gasteiger partial charge in [-0.1, -0.05) is 30.2 Å². The zero-order valence-corrected chi connectivity index (χ0v) is 12.5. The van der Waals surface area contributed by atoms with E-state index in [-0.39, 0.29) is 5.91 Å². The van der Waals surface area contributed by atoms with Gasteiger partial charge in [0.25, 0.3) is 0 Å². The van der Waals surface area contributed by atoms with Crippen molar-refractivity contribution in [2.45, 2.75) is 25.7 Å². The monoisotopic (exact) mass is 301 g/mol. The second kappa shape index (κ2) is 5.34. The van der Waals surface area contributed by atoms with Crippen molar-refractivity contribution in [1.29, 1.82) is 5.26 Å². The summed E-state index contributed by atoms with van der Waals surface area (Å²) in [7, 11) is 1.59. The van der Waals surface area contributed by atoms with Gasteiger partial charge in [0, 0.05) is 0 Å². The van der Waals surface area contributed by atoms with Crippen molar-refractivity contribution in [2.75, 3.05) is 12.4 Å². The highest BCUT2D eigenvalue weighted by Crippen LogP contribution is 2.39. The molecule has 0 aliphatic heterocycles. The van der Waals surface area contributed by atoms with E-state index in [9.17, 15) is 10.1 Å². The quantitative estimate of drug-likeness (QED) is 0.943. The molecular formula is C15H15N3O2S. The van der Waals surface area contributed by atoms with Crippen LogP contribution in [-0.2, 0) is 4.79 Å². The predicted octanol–water partition coefficient (Wildman–Crippen LogP) is 3.33. The van der Waals surface area contributed by atoms with E-state index in [1.807, 2.05) is 18.2 Å². The number of anilines is 1. The van der Waals surface area contributed by atoms with Crippen molar-refractivity contribution < 1.29 is 9.53 Å². The maximum absolute atomic E-state index is 12.4. The minimum absolute atomic E-state index is 0.236. The molecule has 1 aliphatic rings. The topological polar surface area (TPSA) is 75.0 Å². The highest BCUT2D eigenvalue weighted by molar-refractivity contribution is 7.22. The average molecular weight is 301 g/mol. The Morgan fingerprint density at radius 3 is 2.90 bits per heavy atom. The SMILES string of the molecule is COc1cccc2sc(NC(=O)C3(C#N)CCCC3)nc12. The van der Waals surface area contributed by atoms with E-state index in [0.29, 0.717) is 23.7 Å². The first-order valence-electron chi connectivity index (χ1n) is 6.85. The molecule has 1 fully saturated rings. The molecular weight excluding hydrogens is 286 g/mol. The molecule has 3 rings (SSSR count). The number of rotatable bonds is 3.